The topological polar surface area (TPSA) is 102 Å². The third-order valence-electron chi connectivity index (χ3n) is 5.51. The van der Waals surface area contributed by atoms with Crippen LogP contribution in [0.2, 0.25) is 0 Å². The van der Waals surface area contributed by atoms with E-state index in [4.69, 9.17) is 4.52 Å². The van der Waals surface area contributed by atoms with Crippen LogP contribution in [0.4, 0.5) is 0 Å². The number of hydrogen-bond donors (Lipinski definition) is 1. The fourth-order valence-corrected chi connectivity index (χ4v) is 3.82. The van der Waals surface area contributed by atoms with Crippen molar-refractivity contribution in [3.63, 3.8) is 0 Å². The Labute approximate surface area is 181 Å². The maximum absolute atomic E-state index is 11.9. The van der Waals surface area contributed by atoms with Crippen molar-refractivity contribution in [3.05, 3.63) is 83.5 Å². The summed E-state index contributed by atoms with van der Waals surface area (Å²) in [5.41, 5.74) is 4.36. The molecule has 8 nitrogen and oxygen atoms in total. The smallest absolute Gasteiger partial charge is 0.327 e. The maximum Gasteiger partial charge on any atom is 0.327 e. The molecular weight excluding hydrogens is 404 g/mol. The highest BCUT2D eigenvalue weighted by atomic mass is 16.5. The highest BCUT2D eigenvalue weighted by molar-refractivity contribution is 5.93. The van der Waals surface area contributed by atoms with Crippen LogP contribution >= 0.6 is 0 Å². The number of aromatic nitrogens is 6. The number of aromatic amines is 1. The predicted octanol–water partition coefficient (Wildman–Crippen LogP) is 4.19. The van der Waals surface area contributed by atoms with Crippen LogP contribution in [0.3, 0.4) is 0 Å². The van der Waals surface area contributed by atoms with Crippen molar-refractivity contribution < 1.29 is 4.52 Å². The van der Waals surface area contributed by atoms with Crippen LogP contribution < -0.4 is 5.69 Å². The molecule has 1 N–H and O–H groups in total. The Bertz CT molecular complexity index is 1670. The molecule has 0 fully saturated rings. The highest BCUT2D eigenvalue weighted by Gasteiger charge is 2.15. The fourth-order valence-electron chi connectivity index (χ4n) is 3.82. The molecule has 2 aromatic carbocycles. The minimum Gasteiger partial charge on any atom is -0.334 e. The summed E-state index contributed by atoms with van der Waals surface area (Å²) in [5.74, 6) is 0.840. The SMILES string of the molecule is Cn1c(=O)[nH]c2ncc(-c3cccc(-c4nc(-c5nccc6ccccc56)no4)c3)cc21. The predicted molar refractivity (Wildman–Crippen MR) is 121 cm³/mol. The van der Waals surface area contributed by atoms with Crippen LogP contribution in [0, 0.1) is 0 Å². The molecular formula is C24H16N6O2. The Morgan fingerprint density at radius 2 is 1.81 bits per heavy atom. The van der Waals surface area contributed by atoms with Crippen molar-refractivity contribution in [1.29, 1.82) is 0 Å². The number of H-pyrrole nitrogens is 1. The molecule has 6 rings (SSSR count). The van der Waals surface area contributed by atoms with Gasteiger partial charge in [-0.15, -0.1) is 0 Å². The molecule has 0 aliphatic rings. The second-order valence-corrected chi connectivity index (χ2v) is 7.47. The quantitative estimate of drug-likeness (QED) is 0.460. The van der Waals surface area contributed by atoms with E-state index < -0.39 is 0 Å². The second kappa shape index (κ2) is 6.98. The molecule has 0 amide bonds. The van der Waals surface area contributed by atoms with E-state index in [0.29, 0.717) is 23.1 Å². The lowest BCUT2D eigenvalue weighted by molar-refractivity contribution is 0.432. The lowest BCUT2D eigenvalue weighted by atomic mass is 10.0. The van der Waals surface area contributed by atoms with Crippen LogP contribution in [-0.4, -0.2) is 29.7 Å². The van der Waals surface area contributed by atoms with Gasteiger partial charge in [-0.2, -0.15) is 4.98 Å². The summed E-state index contributed by atoms with van der Waals surface area (Å²) in [6, 6.07) is 19.6. The Kier molecular flexibility index (Phi) is 3.97. The van der Waals surface area contributed by atoms with Crippen LogP contribution in [0.15, 0.2) is 82.4 Å². The molecule has 8 heteroatoms. The summed E-state index contributed by atoms with van der Waals surface area (Å²) >= 11 is 0. The van der Waals surface area contributed by atoms with E-state index in [1.165, 1.54) is 4.57 Å². The van der Waals surface area contributed by atoms with E-state index in [2.05, 4.69) is 25.1 Å². The molecule has 0 unspecified atom stereocenters. The number of aryl methyl sites for hydroxylation is 1. The summed E-state index contributed by atoms with van der Waals surface area (Å²) in [6.45, 7) is 0. The highest BCUT2D eigenvalue weighted by Crippen LogP contribution is 2.29. The largest absolute Gasteiger partial charge is 0.334 e. The average Bonchev–Trinajstić information content (AvgIpc) is 3.44. The zero-order valence-electron chi connectivity index (χ0n) is 17.0. The number of rotatable bonds is 3. The first-order chi connectivity index (χ1) is 15.7. The van der Waals surface area contributed by atoms with Crippen molar-refractivity contribution in [2.24, 2.45) is 7.05 Å². The summed E-state index contributed by atoms with van der Waals surface area (Å²) in [5, 5.41) is 6.20. The van der Waals surface area contributed by atoms with Crippen molar-refractivity contribution in [3.8, 4) is 34.1 Å². The second-order valence-electron chi connectivity index (χ2n) is 7.47. The monoisotopic (exact) mass is 420 g/mol. The molecule has 0 spiro atoms. The molecule has 6 aromatic rings. The van der Waals surface area contributed by atoms with E-state index in [9.17, 15) is 4.79 Å². The van der Waals surface area contributed by atoms with Gasteiger partial charge in [-0.25, -0.2) is 9.78 Å². The summed E-state index contributed by atoms with van der Waals surface area (Å²) < 4.78 is 7.11. The molecule has 4 heterocycles. The van der Waals surface area contributed by atoms with Crippen molar-refractivity contribution in [2.45, 2.75) is 0 Å². The molecule has 0 aliphatic heterocycles. The molecule has 0 saturated carbocycles. The van der Waals surface area contributed by atoms with E-state index in [-0.39, 0.29) is 5.69 Å². The Morgan fingerprint density at radius 3 is 2.75 bits per heavy atom. The van der Waals surface area contributed by atoms with E-state index in [0.717, 1.165) is 33.0 Å². The molecule has 0 radical (unpaired) electrons. The van der Waals surface area contributed by atoms with Gasteiger partial charge >= 0.3 is 5.69 Å². The summed E-state index contributed by atoms with van der Waals surface area (Å²) in [7, 11) is 1.71. The minimum absolute atomic E-state index is 0.196. The van der Waals surface area contributed by atoms with Crippen LogP contribution in [-0.2, 0) is 7.05 Å². The lowest BCUT2D eigenvalue weighted by Crippen LogP contribution is -2.11. The summed E-state index contributed by atoms with van der Waals surface area (Å²) in [4.78, 5) is 28.0. The van der Waals surface area contributed by atoms with Crippen molar-refractivity contribution in [1.82, 2.24) is 29.7 Å². The molecule has 0 bridgehead atoms. The van der Waals surface area contributed by atoms with Gasteiger partial charge in [-0.1, -0.05) is 41.6 Å². The third-order valence-corrected chi connectivity index (χ3v) is 5.51. The standard InChI is InChI=1S/C24H16N6O2/c1-30-19-12-17(13-26-21(19)28-24(30)31)15-6-4-7-16(11-15)23-27-22(29-32-23)20-18-8-3-2-5-14(18)9-10-25-20/h2-13H,1H3,(H,26,28,31). The fraction of sp³-hybridized carbons (Fsp3) is 0.0417. The van der Waals surface area contributed by atoms with E-state index in [1.54, 1.807) is 19.4 Å². The first-order valence-electron chi connectivity index (χ1n) is 10.0. The first kappa shape index (κ1) is 18.2. The van der Waals surface area contributed by atoms with E-state index >= 15 is 0 Å². The lowest BCUT2D eigenvalue weighted by Gasteiger charge is -2.04. The number of fused-ring (bicyclic) bond motifs is 2. The molecule has 4 aromatic heterocycles. The van der Waals surface area contributed by atoms with Gasteiger partial charge in [-0.05, 0) is 35.2 Å². The maximum atomic E-state index is 11.9. The Balaban J connectivity index is 1.41. The zero-order valence-corrected chi connectivity index (χ0v) is 17.0. The third kappa shape index (κ3) is 2.89. The van der Waals surface area contributed by atoms with Crippen LogP contribution in [0.5, 0.6) is 0 Å². The molecule has 0 saturated heterocycles. The van der Waals surface area contributed by atoms with Gasteiger partial charge < -0.3 is 4.52 Å². The van der Waals surface area contributed by atoms with Gasteiger partial charge in [0.25, 0.3) is 5.89 Å². The number of imidazole rings is 1. The number of benzene rings is 2. The molecule has 0 atom stereocenters. The first-order valence-corrected chi connectivity index (χ1v) is 10.0. The molecule has 154 valence electrons. The number of nitrogens with one attached hydrogen (secondary N) is 1. The van der Waals surface area contributed by atoms with Crippen molar-refractivity contribution >= 4 is 21.9 Å². The Hall–Kier alpha value is -4.59. The molecule has 0 aliphatic carbocycles. The summed E-state index contributed by atoms with van der Waals surface area (Å²) in [6.07, 6.45) is 3.47. The molecule has 32 heavy (non-hydrogen) atoms. The van der Waals surface area contributed by atoms with Gasteiger partial charge in [-0.3, -0.25) is 14.5 Å². The van der Waals surface area contributed by atoms with Crippen LogP contribution in [0.25, 0.3) is 56.0 Å². The van der Waals surface area contributed by atoms with Crippen molar-refractivity contribution in [2.75, 3.05) is 0 Å². The van der Waals surface area contributed by atoms with Gasteiger partial charge in [0.2, 0.25) is 5.82 Å². The van der Waals surface area contributed by atoms with Gasteiger partial charge in [0.05, 0.1) is 5.52 Å². The van der Waals surface area contributed by atoms with Crippen LogP contribution in [0.1, 0.15) is 0 Å². The normalized spacial score (nSPS) is 11.4. The van der Waals surface area contributed by atoms with Gasteiger partial charge in [0, 0.05) is 36.0 Å². The number of pyridine rings is 2. The van der Waals surface area contributed by atoms with Gasteiger partial charge in [0.1, 0.15) is 5.69 Å². The number of nitrogens with zero attached hydrogens (tertiary/aromatic N) is 5. The average molecular weight is 420 g/mol. The number of hydrogen-bond acceptors (Lipinski definition) is 6. The van der Waals surface area contributed by atoms with E-state index in [1.807, 2.05) is 60.7 Å². The van der Waals surface area contributed by atoms with Gasteiger partial charge in [0.15, 0.2) is 5.65 Å². The minimum atomic E-state index is -0.196. The Morgan fingerprint density at radius 1 is 0.938 bits per heavy atom. The zero-order chi connectivity index (χ0) is 21.7.